The van der Waals surface area contributed by atoms with E-state index >= 15 is 0 Å². The number of hydrogen-bond acceptors (Lipinski definition) is 6. The van der Waals surface area contributed by atoms with E-state index in [0.29, 0.717) is 23.0 Å². The predicted octanol–water partition coefficient (Wildman–Crippen LogP) is 1.37. The lowest BCUT2D eigenvalue weighted by Gasteiger charge is -2.42. The number of nitrogen functional groups attached to an aromatic ring is 1. The molecule has 2 heterocycles. The van der Waals surface area contributed by atoms with E-state index in [0.717, 1.165) is 44.7 Å². The van der Waals surface area contributed by atoms with Gasteiger partial charge in [-0.25, -0.2) is 0 Å². The summed E-state index contributed by atoms with van der Waals surface area (Å²) in [5, 5.41) is 9.43. The third-order valence-corrected chi connectivity index (χ3v) is 5.33. The summed E-state index contributed by atoms with van der Waals surface area (Å²) in [5.41, 5.74) is 8.03. The van der Waals surface area contributed by atoms with Crippen LogP contribution in [0.25, 0.3) is 0 Å². The van der Waals surface area contributed by atoms with E-state index in [2.05, 4.69) is 27.8 Å². The minimum atomic E-state index is 0.519. The van der Waals surface area contributed by atoms with E-state index in [9.17, 15) is 5.26 Å². The van der Waals surface area contributed by atoms with Gasteiger partial charge in [0.25, 0.3) is 0 Å². The number of rotatable bonds is 3. The standard InChI is InChI=1S/C18H27N5O/c1-21-7-9-22(10-8-21)15-3-5-23(6-4-15)17-12-18(24-2)16(20)11-14(17)13-19/h11-12,15H,3-10,20H2,1-2H3. The fourth-order valence-electron chi connectivity index (χ4n) is 3.77. The Morgan fingerprint density at radius 2 is 1.79 bits per heavy atom. The molecule has 2 fully saturated rings. The van der Waals surface area contributed by atoms with Crippen molar-refractivity contribution in [2.24, 2.45) is 0 Å². The van der Waals surface area contributed by atoms with Crippen molar-refractivity contribution >= 4 is 11.4 Å². The van der Waals surface area contributed by atoms with Gasteiger partial charge in [-0.3, -0.25) is 4.90 Å². The van der Waals surface area contributed by atoms with Gasteiger partial charge < -0.3 is 20.3 Å². The highest BCUT2D eigenvalue weighted by atomic mass is 16.5. The molecule has 1 aromatic rings. The first-order valence-corrected chi connectivity index (χ1v) is 8.67. The molecular formula is C18H27N5O. The van der Waals surface area contributed by atoms with Crippen LogP contribution in [0.15, 0.2) is 12.1 Å². The monoisotopic (exact) mass is 329 g/mol. The van der Waals surface area contributed by atoms with Crippen molar-refractivity contribution in [2.45, 2.75) is 18.9 Å². The van der Waals surface area contributed by atoms with Gasteiger partial charge in [0.15, 0.2) is 0 Å². The molecule has 2 saturated heterocycles. The Morgan fingerprint density at radius 1 is 1.12 bits per heavy atom. The minimum absolute atomic E-state index is 0.519. The molecule has 2 N–H and O–H groups in total. The first-order chi connectivity index (χ1) is 11.6. The van der Waals surface area contributed by atoms with Gasteiger partial charge >= 0.3 is 0 Å². The highest BCUT2D eigenvalue weighted by Gasteiger charge is 2.27. The summed E-state index contributed by atoms with van der Waals surface area (Å²) in [6.07, 6.45) is 2.28. The molecule has 3 rings (SSSR count). The number of nitrogens with two attached hydrogens (primary N) is 1. The van der Waals surface area contributed by atoms with Crippen LogP contribution in [-0.4, -0.2) is 69.3 Å². The summed E-state index contributed by atoms with van der Waals surface area (Å²) in [6.45, 7) is 6.60. The third-order valence-electron chi connectivity index (χ3n) is 5.33. The van der Waals surface area contributed by atoms with E-state index in [4.69, 9.17) is 10.5 Å². The second-order valence-electron chi connectivity index (χ2n) is 6.78. The Morgan fingerprint density at radius 3 is 2.38 bits per heavy atom. The fourth-order valence-corrected chi connectivity index (χ4v) is 3.77. The Balaban J connectivity index is 1.67. The third kappa shape index (κ3) is 3.42. The SMILES string of the molecule is COc1cc(N2CCC(N3CCN(C)CC3)CC2)c(C#N)cc1N. The molecule has 0 aromatic heterocycles. The zero-order valence-electron chi connectivity index (χ0n) is 14.7. The van der Waals surface area contributed by atoms with Crippen molar-refractivity contribution in [3.63, 3.8) is 0 Å². The Bertz CT molecular complexity index is 611. The number of nitrogens with zero attached hydrogens (tertiary/aromatic N) is 4. The van der Waals surface area contributed by atoms with E-state index in [1.165, 1.54) is 13.1 Å². The molecule has 0 bridgehead atoms. The number of methoxy groups -OCH3 is 1. The van der Waals surface area contributed by atoms with Gasteiger partial charge in [0.1, 0.15) is 11.8 Å². The van der Waals surface area contributed by atoms with Crippen molar-refractivity contribution in [1.29, 1.82) is 5.26 Å². The van der Waals surface area contributed by atoms with Gasteiger partial charge in [0, 0.05) is 51.4 Å². The highest BCUT2D eigenvalue weighted by molar-refractivity contribution is 5.70. The molecule has 2 aliphatic heterocycles. The van der Waals surface area contributed by atoms with Crippen LogP contribution >= 0.6 is 0 Å². The molecule has 0 radical (unpaired) electrons. The summed E-state index contributed by atoms with van der Waals surface area (Å²) in [7, 11) is 3.80. The molecule has 0 atom stereocenters. The lowest BCUT2D eigenvalue weighted by molar-refractivity contribution is 0.0982. The van der Waals surface area contributed by atoms with Gasteiger partial charge in [-0.2, -0.15) is 5.26 Å². The molecule has 1 aromatic carbocycles. The van der Waals surface area contributed by atoms with E-state index in [-0.39, 0.29) is 0 Å². The van der Waals surface area contributed by atoms with Crippen molar-refractivity contribution in [3.8, 4) is 11.8 Å². The second kappa shape index (κ2) is 7.29. The average molecular weight is 329 g/mol. The van der Waals surface area contributed by atoms with Gasteiger partial charge in [-0.1, -0.05) is 0 Å². The summed E-state index contributed by atoms with van der Waals surface area (Å²) < 4.78 is 5.33. The van der Waals surface area contributed by atoms with E-state index in [1.54, 1.807) is 13.2 Å². The molecule has 130 valence electrons. The summed E-state index contributed by atoms with van der Waals surface area (Å²) in [4.78, 5) is 7.32. The van der Waals surface area contributed by atoms with E-state index < -0.39 is 0 Å². The summed E-state index contributed by atoms with van der Waals surface area (Å²) in [5.74, 6) is 0.644. The Kier molecular flexibility index (Phi) is 5.12. The van der Waals surface area contributed by atoms with Gasteiger partial charge in [0.05, 0.1) is 24.0 Å². The Hall–Kier alpha value is -1.97. The van der Waals surface area contributed by atoms with Crippen LogP contribution in [0.4, 0.5) is 11.4 Å². The molecule has 0 unspecified atom stereocenters. The maximum Gasteiger partial charge on any atom is 0.143 e. The first kappa shape index (κ1) is 16.9. The summed E-state index contributed by atoms with van der Waals surface area (Å²) in [6, 6.07) is 6.56. The maximum absolute atomic E-state index is 9.43. The van der Waals surface area contributed by atoms with Crippen LogP contribution in [0.2, 0.25) is 0 Å². The molecular weight excluding hydrogens is 302 g/mol. The first-order valence-electron chi connectivity index (χ1n) is 8.67. The zero-order chi connectivity index (χ0) is 17.1. The van der Waals surface area contributed by atoms with Crippen LogP contribution in [0.5, 0.6) is 5.75 Å². The number of piperidine rings is 1. The second-order valence-corrected chi connectivity index (χ2v) is 6.78. The summed E-state index contributed by atoms with van der Waals surface area (Å²) >= 11 is 0. The molecule has 2 aliphatic rings. The maximum atomic E-state index is 9.43. The normalized spacial score (nSPS) is 20.8. The molecule has 0 amide bonds. The van der Waals surface area contributed by atoms with Crippen LogP contribution in [0.1, 0.15) is 18.4 Å². The van der Waals surface area contributed by atoms with E-state index in [1.807, 2.05) is 6.07 Å². The number of piperazine rings is 1. The van der Waals surface area contributed by atoms with Crippen LogP contribution in [0.3, 0.4) is 0 Å². The quantitative estimate of drug-likeness (QED) is 0.845. The van der Waals surface area contributed by atoms with Gasteiger partial charge in [0.2, 0.25) is 0 Å². The molecule has 6 nitrogen and oxygen atoms in total. The molecule has 0 saturated carbocycles. The number of anilines is 2. The van der Waals surface area contributed by atoms with Crippen molar-refractivity contribution in [1.82, 2.24) is 9.80 Å². The topological polar surface area (TPSA) is 68.8 Å². The van der Waals surface area contributed by atoms with Crippen LogP contribution in [0, 0.1) is 11.3 Å². The van der Waals surface area contributed by atoms with Crippen molar-refractivity contribution in [3.05, 3.63) is 17.7 Å². The molecule has 0 spiro atoms. The number of ether oxygens (including phenoxy) is 1. The Labute approximate surface area is 144 Å². The zero-order valence-corrected chi connectivity index (χ0v) is 14.7. The smallest absolute Gasteiger partial charge is 0.143 e. The van der Waals surface area contributed by atoms with Gasteiger partial charge in [-0.05, 0) is 26.0 Å². The number of hydrogen-bond donors (Lipinski definition) is 1. The minimum Gasteiger partial charge on any atom is -0.495 e. The predicted molar refractivity (Wildman–Crippen MR) is 96.4 cm³/mol. The molecule has 0 aliphatic carbocycles. The largest absolute Gasteiger partial charge is 0.495 e. The van der Waals surface area contributed by atoms with Crippen molar-refractivity contribution < 1.29 is 4.74 Å². The van der Waals surface area contributed by atoms with Gasteiger partial charge in [-0.15, -0.1) is 0 Å². The molecule has 6 heteroatoms. The van der Waals surface area contributed by atoms with Crippen molar-refractivity contribution in [2.75, 3.05) is 64.1 Å². The molecule has 24 heavy (non-hydrogen) atoms. The van der Waals surface area contributed by atoms with Crippen LogP contribution < -0.4 is 15.4 Å². The highest BCUT2D eigenvalue weighted by Crippen LogP contribution is 2.33. The number of nitriles is 1. The fraction of sp³-hybridized carbons (Fsp3) is 0.611. The lowest BCUT2D eigenvalue weighted by atomic mass is 10.0. The lowest BCUT2D eigenvalue weighted by Crippen LogP contribution is -2.52. The number of likely N-dealkylation sites (N-methyl/N-ethyl adjacent to an activating group) is 1. The van der Waals surface area contributed by atoms with Crippen LogP contribution in [-0.2, 0) is 0 Å². The average Bonchev–Trinajstić information content (AvgIpc) is 2.62. The number of benzene rings is 1.